The Morgan fingerprint density at radius 3 is 2.35 bits per heavy atom. The molecule has 3 heterocycles. The number of nitrogens with two attached hydrogens (primary N) is 2. The molecule has 4 bridgehead atoms. The number of carbonyl (C=O) groups is 8. The highest BCUT2D eigenvalue weighted by Gasteiger charge is 2.64. The molecule has 440 valence electrons. The third-order valence-corrected chi connectivity index (χ3v) is 15.6. The van der Waals surface area contributed by atoms with Crippen LogP contribution in [0, 0.1) is 11.8 Å². The molecule has 7 N–H and O–H groups in total. The average Bonchev–Trinajstić information content (AvgIpc) is 4.25. The standard InChI is InChI=1S/C57H80ClN7O15/c1-32(2)50(59)52(70)62-39(15-13-22-61-54(60)72)41(66)26-36-17-19-37(20-18-36)31-77-55(73)63(7)23-21-46(67)64(8)35(5)53(71)79-45-28-47(68)65(9)40-25-38(27-42(75-10)49(40)58)24-33(3)14-12-16-44(76-11)57(74)29-43(78-48(69)30-57)34(4)51-56(45,6)80-51/h12,14,16-20,25,27,32,34-35,39,43-45,50-51,74H,13,15,21-24,26,28-31,59H2,1-11H3,(H,62,70)(H3,60,61,72)/b16-12+,33-14+/t34-,35+,39+,43+,44-,45+,50+,51+,56+,57-/m1/s1. The minimum Gasteiger partial charge on any atom is -0.495 e. The number of urea groups is 1. The van der Waals surface area contributed by atoms with Gasteiger partial charge in [0.05, 0.1) is 43.8 Å². The Morgan fingerprint density at radius 2 is 1.71 bits per heavy atom. The minimum atomic E-state index is -1.65. The average molecular weight is 1140 g/mol. The van der Waals surface area contributed by atoms with Crippen LogP contribution in [-0.2, 0) is 71.9 Å². The van der Waals surface area contributed by atoms with E-state index in [1.165, 1.54) is 49.9 Å². The van der Waals surface area contributed by atoms with Gasteiger partial charge in [-0.2, -0.15) is 0 Å². The summed E-state index contributed by atoms with van der Waals surface area (Å²) in [7, 11) is 7.32. The molecule has 5 rings (SSSR count). The van der Waals surface area contributed by atoms with Crippen LogP contribution in [-0.4, -0.2) is 165 Å². The zero-order valence-corrected chi connectivity index (χ0v) is 48.5. The van der Waals surface area contributed by atoms with E-state index in [4.69, 9.17) is 51.5 Å². The van der Waals surface area contributed by atoms with E-state index in [1.807, 2.05) is 13.0 Å². The number of aliphatic hydroxyl groups is 1. The number of epoxide rings is 1. The first-order valence-corrected chi connectivity index (χ1v) is 27.1. The molecule has 2 aromatic carbocycles. The SMILES string of the molecule is COc1cc2cc(c1Cl)N(C)C(=O)C[C@H](OC(=O)[C@H](C)N(C)C(=O)CCN(C)C(=O)OCc1ccc(CC(=O)[C@H](CCCNC(N)=O)NC(=O)[C@@H](N)C(C)C)cc1)[C@]1(C)O[C@H]1[C@H](C)[C@@H]1C[C@@](O)(CC(=O)O1)[C@H](OC)/C=C/C=C(\C)C2. The predicted molar refractivity (Wildman–Crippen MR) is 296 cm³/mol. The summed E-state index contributed by atoms with van der Waals surface area (Å²) in [6.07, 6.45) is 0.956. The van der Waals surface area contributed by atoms with Crippen molar-refractivity contribution in [3.05, 3.63) is 81.9 Å². The number of esters is 2. The van der Waals surface area contributed by atoms with Crippen LogP contribution >= 0.6 is 11.6 Å². The monoisotopic (exact) mass is 1140 g/mol. The van der Waals surface area contributed by atoms with Crippen LogP contribution in [0.15, 0.2) is 60.2 Å². The molecule has 0 aliphatic carbocycles. The van der Waals surface area contributed by atoms with Gasteiger partial charge in [0, 0.05) is 66.5 Å². The van der Waals surface area contributed by atoms with Crippen LogP contribution in [0.25, 0.3) is 0 Å². The number of ketones is 1. The molecule has 23 heteroatoms. The molecule has 10 atom stereocenters. The van der Waals surface area contributed by atoms with E-state index in [0.717, 1.165) is 11.1 Å². The number of ether oxygens (including phenoxy) is 6. The molecule has 6 amide bonds. The number of amides is 6. The molecule has 80 heavy (non-hydrogen) atoms. The zero-order valence-electron chi connectivity index (χ0n) is 47.7. The van der Waals surface area contributed by atoms with Gasteiger partial charge in [0.25, 0.3) is 0 Å². The van der Waals surface area contributed by atoms with Gasteiger partial charge >= 0.3 is 24.1 Å². The highest BCUT2D eigenvalue weighted by Crippen LogP contribution is 2.50. The summed E-state index contributed by atoms with van der Waals surface area (Å²) in [6.45, 7) is 10.5. The van der Waals surface area contributed by atoms with Gasteiger partial charge in [-0.1, -0.05) is 80.4 Å². The van der Waals surface area contributed by atoms with E-state index < -0.39 is 108 Å². The molecular formula is C57H80ClN7O15. The van der Waals surface area contributed by atoms with Crippen LogP contribution < -0.4 is 31.7 Å². The molecule has 0 radical (unpaired) electrons. The number of nitrogens with zero attached hydrogens (tertiary/aromatic N) is 3. The first-order chi connectivity index (χ1) is 37.6. The molecule has 0 unspecified atom stereocenters. The number of halogens is 1. The number of carbonyl (C=O) groups excluding carboxylic acids is 8. The number of hydrogen-bond donors (Lipinski definition) is 5. The summed E-state index contributed by atoms with van der Waals surface area (Å²) < 4.78 is 35.1. The fourth-order valence-electron chi connectivity index (χ4n) is 9.74. The fraction of sp³-hybridized carbons (Fsp3) is 0.579. The molecule has 2 saturated heterocycles. The molecule has 0 saturated carbocycles. The lowest BCUT2D eigenvalue weighted by Crippen LogP contribution is -2.53. The Morgan fingerprint density at radius 1 is 1.04 bits per heavy atom. The Labute approximate surface area is 473 Å². The van der Waals surface area contributed by atoms with Gasteiger partial charge in [-0.3, -0.25) is 24.0 Å². The number of nitrogens with one attached hydrogen (secondary N) is 2. The van der Waals surface area contributed by atoms with Crippen molar-refractivity contribution >= 4 is 64.9 Å². The summed E-state index contributed by atoms with van der Waals surface area (Å²) in [4.78, 5) is 109. The van der Waals surface area contributed by atoms with Crippen LogP contribution in [0.3, 0.4) is 0 Å². The van der Waals surface area contributed by atoms with Crippen LogP contribution in [0.2, 0.25) is 5.02 Å². The fourth-order valence-corrected chi connectivity index (χ4v) is 10.1. The Bertz CT molecular complexity index is 2650. The highest BCUT2D eigenvalue weighted by atomic mass is 35.5. The smallest absolute Gasteiger partial charge is 0.409 e. The van der Waals surface area contributed by atoms with Crippen LogP contribution in [0.4, 0.5) is 15.3 Å². The maximum atomic E-state index is 14.4. The summed E-state index contributed by atoms with van der Waals surface area (Å²) in [6, 6.07) is 6.78. The Kier molecular flexibility index (Phi) is 22.6. The van der Waals surface area contributed by atoms with Crippen molar-refractivity contribution in [3.63, 3.8) is 0 Å². The predicted octanol–water partition coefficient (Wildman–Crippen LogP) is 4.45. The number of fused-ring (bicyclic) bond motifs is 5. The number of allylic oxidation sites excluding steroid dienone is 3. The number of benzene rings is 2. The second-order valence-electron chi connectivity index (χ2n) is 21.7. The zero-order chi connectivity index (χ0) is 59.4. The Balaban J connectivity index is 1.23. The molecule has 0 spiro atoms. The molecule has 22 nitrogen and oxygen atoms in total. The maximum Gasteiger partial charge on any atom is 0.409 e. The number of rotatable bonds is 20. The number of primary amides is 1. The largest absolute Gasteiger partial charge is 0.495 e. The van der Waals surface area contributed by atoms with E-state index >= 15 is 0 Å². The summed E-state index contributed by atoms with van der Waals surface area (Å²) in [5.74, 6) is -3.62. The van der Waals surface area contributed by atoms with E-state index in [1.54, 1.807) is 83.3 Å². The number of anilines is 1. The van der Waals surface area contributed by atoms with E-state index in [0.29, 0.717) is 35.4 Å². The summed E-state index contributed by atoms with van der Waals surface area (Å²) in [5.41, 5.74) is 11.5. The summed E-state index contributed by atoms with van der Waals surface area (Å²) >= 11 is 6.83. The first-order valence-electron chi connectivity index (χ1n) is 26.8. The molecule has 2 fully saturated rings. The number of Topliss-reactive ketones (excluding diaryl/α,β-unsaturated/α-hetero) is 1. The van der Waals surface area contributed by atoms with Crippen LogP contribution in [0.5, 0.6) is 5.75 Å². The Hall–Kier alpha value is -6.59. The summed E-state index contributed by atoms with van der Waals surface area (Å²) in [5, 5.41) is 17.4. The number of methoxy groups -OCH3 is 2. The van der Waals surface area contributed by atoms with Gasteiger partial charge in [0.2, 0.25) is 17.7 Å². The highest BCUT2D eigenvalue weighted by molar-refractivity contribution is 6.35. The number of hydrogen-bond acceptors (Lipinski definition) is 16. The van der Waals surface area contributed by atoms with E-state index in [2.05, 4.69) is 10.6 Å². The van der Waals surface area contributed by atoms with Gasteiger partial charge in [-0.05, 0) is 74.8 Å². The second kappa shape index (κ2) is 28.2. The maximum absolute atomic E-state index is 14.4. The van der Waals surface area contributed by atoms with Crippen molar-refractivity contribution in [2.24, 2.45) is 23.3 Å². The van der Waals surface area contributed by atoms with Crippen molar-refractivity contribution in [2.75, 3.05) is 53.4 Å². The molecule has 3 aliphatic rings. The van der Waals surface area contributed by atoms with Gasteiger partial charge in [0.1, 0.15) is 52.9 Å². The lowest BCUT2D eigenvalue weighted by atomic mass is 9.78. The van der Waals surface area contributed by atoms with Gasteiger partial charge in [-0.15, -0.1) is 0 Å². The molecule has 3 aliphatic heterocycles. The molecule has 2 aromatic rings. The van der Waals surface area contributed by atoms with E-state index in [9.17, 15) is 43.5 Å². The van der Waals surface area contributed by atoms with Gasteiger partial charge in [-0.25, -0.2) is 14.4 Å². The lowest BCUT2D eigenvalue weighted by Gasteiger charge is -2.41. The first kappa shape index (κ1) is 64.2. The quantitative estimate of drug-likeness (QED) is 0.0529. The third-order valence-electron chi connectivity index (χ3n) is 15.2. The minimum absolute atomic E-state index is 0.00322. The van der Waals surface area contributed by atoms with Gasteiger partial charge in [0.15, 0.2) is 5.78 Å². The topological polar surface area (TPSA) is 301 Å². The van der Waals surface area contributed by atoms with Crippen LogP contribution in [0.1, 0.15) is 96.8 Å². The van der Waals surface area contributed by atoms with Crippen molar-refractivity contribution in [3.8, 4) is 5.75 Å². The molecular weight excluding hydrogens is 1060 g/mol. The number of likely N-dealkylation sites (N-methyl/N-ethyl adjacent to an activating group) is 1. The third kappa shape index (κ3) is 16.7. The van der Waals surface area contributed by atoms with Crippen molar-refractivity contribution in [1.82, 2.24) is 20.4 Å². The van der Waals surface area contributed by atoms with Gasteiger partial charge < -0.3 is 70.3 Å². The second-order valence-corrected chi connectivity index (χ2v) is 22.0. The van der Waals surface area contributed by atoms with Crippen molar-refractivity contribution < 1.29 is 71.9 Å². The lowest BCUT2D eigenvalue weighted by molar-refractivity contribution is -0.187. The normalized spacial score (nSPS) is 25.3. The van der Waals surface area contributed by atoms with Crippen molar-refractivity contribution in [1.29, 1.82) is 0 Å². The molecule has 0 aromatic heterocycles. The van der Waals surface area contributed by atoms with Crippen molar-refractivity contribution in [2.45, 2.75) is 153 Å². The van der Waals surface area contributed by atoms with E-state index in [-0.39, 0.29) is 68.5 Å².